The summed E-state index contributed by atoms with van der Waals surface area (Å²) in [6, 6.07) is 10.8. The fraction of sp³-hybridized carbons (Fsp3) is 0. The molecule has 1 aromatic heterocycles. The van der Waals surface area contributed by atoms with E-state index in [0.29, 0.717) is 10.6 Å². The smallest absolute Gasteiger partial charge is 0.354 e. The highest BCUT2D eigenvalue weighted by atomic mass is 35.5. The number of benzene rings is 1. The molecule has 4 heteroatoms. The molecule has 0 aliphatic carbocycles. The lowest BCUT2D eigenvalue weighted by Crippen LogP contribution is -2.00. The van der Waals surface area contributed by atoms with Gasteiger partial charge in [0.1, 0.15) is 5.69 Å². The number of carboxylic acids is 1. The molecule has 16 heavy (non-hydrogen) atoms. The second-order valence-corrected chi connectivity index (χ2v) is 3.63. The zero-order valence-corrected chi connectivity index (χ0v) is 8.98. The molecule has 80 valence electrons. The van der Waals surface area contributed by atoms with Crippen LogP contribution < -0.4 is 0 Å². The van der Waals surface area contributed by atoms with Crippen LogP contribution in [0.15, 0.2) is 42.6 Å². The average Bonchev–Trinajstić information content (AvgIpc) is 2.30. The van der Waals surface area contributed by atoms with Gasteiger partial charge in [0.05, 0.1) is 5.02 Å². The number of halogens is 1. The van der Waals surface area contributed by atoms with E-state index in [1.54, 1.807) is 0 Å². The molecule has 0 saturated heterocycles. The predicted octanol–water partition coefficient (Wildman–Crippen LogP) is 3.10. The number of hydrogen-bond acceptors (Lipinski definition) is 2. The number of aromatic carboxylic acids is 1. The Bertz CT molecular complexity index is 526. The fourth-order valence-corrected chi connectivity index (χ4v) is 1.61. The van der Waals surface area contributed by atoms with Crippen LogP contribution in [-0.2, 0) is 0 Å². The summed E-state index contributed by atoms with van der Waals surface area (Å²) in [6.45, 7) is 0. The summed E-state index contributed by atoms with van der Waals surface area (Å²) in [5.41, 5.74) is 1.54. The van der Waals surface area contributed by atoms with Crippen molar-refractivity contribution in [2.24, 2.45) is 0 Å². The Morgan fingerprint density at radius 1 is 1.25 bits per heavy atom. The van der Waals surface area contributed by atoms with Crippen LogP contribution in [0.4, 0.5) is 0 Å². The van der Waals surface area contributed by atoms with Crippen molar-refractivity contribution in [3.63, 3.8) is 0 Å². The predicted molar refractivity (Wildman–Crippen MR) is 61.6 cm³/mol. The third kappa shape index (κ3) is 2.04. The maximum Gasteiger partial charge on any atom is 0.354 e. The highest BCUT2D eigenvalue weighted by molar-refractivity contribution is 6.33. The number of rotatable bonds is 2. The first-order valence-electron chi connectivity index (χ1n) is 4.63. The van der Waals surface area contributed by atoms with Gasteiger partial charge in [-0.3, -0.25) is 0 Å². The molecule has 0 fully saturated rings. The molecule has 2 aromatic rings. The fourth-order valence-electron chi connectivity index (χ4n) is 1.39. The van der Waals surface area contributed by atoms with Crippen LogP contribution in [-0.4, -0.2) is 16.1 Å². The van der Waals surface area contributed by atoms with Crippen LogP contribution in [0.3, 0.4) is 0 Å². The molecule has 0 aliphatic heterocycles. The maximum absolute atomic E-state index is 10.8. The van der Waals surface area contributed by atoms with E-state index in [1.807, 2.05) is 30.3 Å². The molecule has 0 radical (unpaired) electrons. The van der Waals surface area contributed by atoms with Gasteiger partial charge in [0.2, 0.25) is 0 Å². The summed E-state index contributed by atoms with van der Waals surface area (Å²) < 4.78 is 0. The Balaban J connectivity index is 2.56. The van der Waals surface area contributed by atoms with E-state index in [0.717, 1.165) is 5.56 Å². The Labute approximate surface area is 97.3 Å². The Hall–Kier alpha value is -1.87. The first-order chi connectivity index (χ1) is 7.68. The van der Waals surface area contributed by atoms with E-state index in [2.05, 4.69) is 4.98 Å². The highest BCUT2D eigenvalue weighted by Crippen LogP contribution is 2.27. The van der Waals surface area contributed by atoms with Gasteiger partial charge in [-0.2, -0.15) is 0 Å². The van der Waals surface area contributed by atoms with Crippen molar-refractivity contribution in [2.45, 2.75) is 0 Å². The summed E-state index contributed by atoms with van der Waals surface area (Å²) >= 11 is 5.98. The lowest BCUT2D eigenvalue weighted by Gasteiger charge is -2.04. The minimum atomic E-state index is -1.06. The number of hydrogen-bond donors (Lipinski definition) is 1. The van der Waals surface area contributed by atoms with Crippen molar-refractivity contribution in [1.82, 2.24) is 4.98 Å². The number of carbonyl (C=O) groups is 1. The third-order valence-electron chi connectivity index (χ3n) is 2.16. The van der Waals surface area contributed by atoms with Crippen LogP contribution in [0.5, 0.6) is 0 Å². The molecular weight excluding hydrogens is 226 g/mol. The summed E-state index contributed by atoms with van der Waals surface area (Å²) in [7, 11) is 0. The van der Waals surface area contributed by atoms with Crippen molar-refractivity contribution in [3.05, 3.63) is 53.3 Å². The number of nitrogens with zero attached hydrogens (tertiary/aromatic N) is 1. The molecule has 1 N–H and O–H groups in total. The van der Waals surface area contributed by atoms with E-state index in [4.69, 9.17) is 16.7 Å². The van der Waals surface area contributed by atoms with Gasteiger partial charge in [-0.1, -0.05) is 41.9 Å². The molecule has 0 aliphatic rings. The lowest BCUT2D eigenvalue weighted by molar-refractivity contribution is 0.0690. The molecule has 2 rings (SSSR count). The highest BCUT2D eigenvalue weighted by Gasteiger charge is 2.09. The van der Waals surface area contributed by atoms with Crippen molar-refractivity contribution >= 4 is 17.6 Å². The summed E-state index contributed by atoms with van der Waals surface area (Å²) in [5, 5.41) is 9.28. The van der Waals surface area contributed by atoms with Crippen molar-refractivity contribution < 1.29 is 9.90 Å². The maximum atomic E-state index is 10.8. The average molecular weight is 234 g/mol. The minimum absolute atomic E-state index is 0.0109. The zero-order valence-electron chi connectivity index (χ0n) is 8.22. The van der Waals surface area contributed by atoms with E-state index in [-0.39, 0.29) is 5.69 Å². The zero-order chi connectivity index (χ0) is 11.5. The van der Waals surface area contributed by atoms with E-state index in [1.165, 1.54) is 12.3 Å². The SMILES string of the molecule is O=C(O)c1cc(-c2ccccc2)c(Cl)cn1. The Kier molecular flexibility index (Phi) is 2.88. The van der Waals surface area contributed by atoms with Gasteiger partial charge < -0.3 is 5.11 Å². The Morgan fingerprint density at radius 3 is 2.56 bits per heavy atom. The summed E-state index contributed by atoms with van der Waals surface area (Å²) in [5.74, 6) is -1.06. The molecule has 0 unspecified atom stereocenters. The monoisotopic (exact) mass is 233 g/mol. The standard InChI is InChI=1S/C12H8ClNO2/c13-10-7-14-11(12(15)16)6-9(10)8-4-2-1-3-5-8/h1-7H,(H,15,16). The molecule has 0 spiro atoms. The first-order valence-corrected chi connectivity index (χ1v) is 5.00. The van der Waals surface area contributed by atoms with E-state index >= 15 is 0 Å². The summed E-state index contributed by atoms with van der Waals surface area (Å²) in [6.07, 6.45) is 1.35. The van der Waals surface area contributed by atoms with Gasteiger partial charge in [-0.15, -0.1) is 0 Å². The molecule has 3 nitrogen and oxygen atoms in total. The van der Waals surface area contributed by atoms with Gasteiger partial charge in [0.25, 0.3) is 0 Å². The second kappa shape index (κ2) is 4.33. The second-order valence-electron chi connectivity index (χ2n) is 3.22. The number of carboxylic acid groups (broad SMARTS) is 1. The Morgan fingerprint density at radius 2 is 1.94 bits per heavy atom. The third-order valence-corrected chi connectivity index (χ3v) is 2.46. The molecule has 1 heterocycles. The molecule has 0 amide bonds. The van der Waals surface area contributed by atoms with Crippen molar-refractivity contribution in [3.8, 4) is 11.1 Å². The number of pyridine rings is 1. The normalized spacial score (nSPS) is 10.1. The largest absolute Gasteiger partial charge is 0.477 e. The summed E-state index contributed by atoms with van der Waals surface area (Å²) in [4.78, 5) is 14.5. The van der Waals surface area contributed by atoms with Gasteiger partial charge in [0, 0.05) is 11.8 Å². The van der Waals surface area contributed by atoms with Crippen LogP contribution >= 0.6 is 11.6 Å². The lowest BCUT2D eigenvalue weighted by atomic mass is 10.1. The first kappa shape index (κ1) is 10.6. The van der Waals surface area contributed by atoms with Crippen molar-refractivity contribution in [2.75, 3.05) is 0 Å². The van der Waals surface area contributed by atoms with Crippen molar-refractivity contribution in [1.29, 1.82) is 0 Å². The van der Waals surface area contributed by atoms with Gasteiger partial charge in [-0.25, -0.2) is 9.78 Å². The van der Waals surface area contributed by atoms with Gasteiger partial charge in [-0.05, 0) is 11.6 Å². The van der Waals surface area contributed by atoms with E-state index in [9.17, 15) is 4.79 Å². The molecule has 1 aromatic carbocycles. The van der Waals surface area contributed by atoms with Crippen LogP contribution in [0.25, 0.3) is 11.1 Å². The molecule has 0 bridgehead atoms. The minimum Gasteiger partial charge on any atom is -0.477 e. The topological polar surface area (TPSA) is 50.2 Å². The van der Waals surface area contributed by atoms with Gasteiger partial charge in [0.15, 0.2) is 0 Å². The van der Waals surface area contributed by atoms with E-state index < -0.39 is 5.97 Å². The molecule has 0 saturated carbocycles. The van der Waals surface area contributed by atoms with Crippen LogP contribution in [0.1, 0.15) is 10.5 Å². The molecular formula is C12H8ClNO2. The number of aromatic nitrogens is 1. The quantitative estimate of drug-likeness (QED) is 0.867. The van der Waals surface area contributed by atoms with Crippen LogP contribution in [0, 0.1) is 0 Å². The van der Waals surface area contributed by atoms with Crippen LogP contribution in [0.2, 0.25) is 5.02 Å². The van der Waals surface area contributed by atoms with Gasteiger partial charge >= 0.3 is 5.97 Å². The molecule has 0 atom stereocenters.